The van der Waals surface area contributed by atoms with Gasteiger partial charge in [-0.2, -0.15) is 23.5 Å². The first-order valence-electron chi connectivity index (χ1n) is 11.9. The zero-order valence-corrected chi connectivity index (χ0v) is 20.6. The fraction of sp³-hybridized carbons (Fsp3) is 0.840. The van der Waals surface area contributed by atoms with Crippen molar-refractivity contribution in [3.05, 3.63) is 23.5 Å². The Morgan fingerprint density at radius 3 is 1.96 bits per heavy atom. The number of aliphatic hydroxyl groups is 1. The Morgan fingerprint density at radius 1 is 0.821 bits per heavy atom. The molecule has 0 aromatic rings. The van der Waals surface area contributed by atoms with E-state index in [0.717, 1.165) is 17.9 Å². The van der Waals surface area contributed by atoms with Crippen LogP contribution in [0.5, 0.6) is 0 Å². The summed E-state index contributed by atoms with van der Waals surface area (Å²) in [7, 11) is 0. The van der Waals surface area contributed by atoms with Gasteiger partial charge >= 0.3 is 0 Å². The Hall–Kier alpha value is -0.0200. The van der Waals surface area contributed by atoms with Gasteiger partial charge in [0.15, 0.2) is 0 Å². The third kappa shape index (κ3) is 11.2. The van der Waals surface area contributed by atoms with Crippen LogP contribution in [0.25, 0.3) is 0 Å². The molecule has 1 atom stereocenters. The lowest BCUT2D eigenvalue weighted by atomic mass is 9.81. The van der Waals surface area contributed by atoms with E-state index in [-0.39, 0.29) is 5.41 Å². The van der Waals surface area contributed by atoms with E-state index in [9.17, 15) is 5.11 Å². The number of rotatable bonds is 18. The van der Waals surface area contributed by atoms with E-state index < -0.39 is 0 Å². The molecular formula is C25H46OS2. The number of thioether (sulfide) groups is 2. The van der Waals surface area contributed by atoms with Crippen LogP contribution in [0, 0.1) is 5.41 Å². The molecule has 28 heavy (non-hydrogen) atoms. The summed E-state index contributed by atoms with van der Waals surface area (Å²) in [6, 6.07) is 0. The van der Waals surface area contributed by atoms with Crippen LogP contribution in [0.3, 0.4) is 0 Å². The molecule has 0 radical (unpaired) electrons. The van der Waals surface area contributed by atoms with Crippen LogP contribution in [0.4, 0.5) is 0 Å². The lowest BCUT2D eigenvalue weighted by Crippen LogP contribution is -2.26. The largest absolute Gasteiger partial charge is 0.511 e. The van der Waals surface area contributed by atoms with Gasteiger partial charge in [0, 0.05) is 16.9 Å². The van der Waals surface area contributed by atoms with Gasteiger partial charge in [0.1, 0.15) is 5.76 Å². The highest BCUT2D eigenvalue weighted by atomic mass is 32.2. The van der Waals surface area contributed by atoms with E-state index in [2.05, 4.69) is 32.9 Å². The molecule has 0 saturated heterocycles. The smallest absolute Gasteiger partial charge is 0.103 e. The van der Waals surface area contributed by atoms with Gasteiger partial charge < -0.3 is 5.11 Å². The van der Waals surface area contributed by atoms with Crippen LogP contribution in [0.15, 0.2) is 23.5 Å². The van der Waals surface area contributed by atoms with E-state index in [4.69, 9.17) is 0 Å². The summed E-state index contributed by atoms with van der Waals surface area (Å²) in [6.45, 7) is 6.80. The van der Waals surface area contributed by atoms with Crippen molar-refractivity contribution in [1.29, 1.82) is 0 Å². The molecule has 1 N–H and O–H groups in total. The first-order chi connectivity index (χ1) is 13.6. The van der Waals surface area contributed by atoms with Crippen molar-refractivity contribution in [2.45, 2.75) is 104 Å². The molecule has 0 aliphatic heterocycles. The SMILES string of the molecule is CCCCCCCCSCC1=C(O)C(C)(CSCCCCCCCC)CC=C1. The Balaban J connectivity index is 2.21. The van der Waals surface area contributed by atoms with Crippen molar-refractivity contribution >= 4 is 23.5 Å². The summed E-state index contributed by atoms with van der Waals surface area (Å²) in [5.74, 6) is 5.14. The number of aliphatic hydroxyl groups excluding tert-OH is 1. The van der Waals surface area contributed by atoms with Gasteiger partial charge in [0.25, 0.3) is 0 Å². The first-order valence-corrected chi connectivity index (χ1v) is 14.2. The Morgan fingerprint density at radius 2 is 1.36 bits per heavy atom. The molecule has 3 heteroatoms. The van der Waals surface area contributed by atoms with Gasteiger partial charge in [0.05, 0.1) is 0 Å². The molecule has 0 amide bonds. The van der Waals surface area contributed by atoms with E-state index >= 15 is 0 Å². The molecule has 1 rings (SSSR count). The van der Waals surface area contributed by atoms with Crippen molar-refractivity contribution in [1.82, 2.24) is 0 Å². The molecule has 0 spiro atoms. The highest BCUT2D eigenvalue weighted by Crippen LogP contribution is 2.39. The van der Waals surface area contributed by atoms with Gasteiger partial charge in [-0.3, -0.25) is 0 Å². The van der Waals surface area contributed by atoms with Crippen molar-refractivity contribution < 1.29 is 5.11 Å². The predicted molar refractivity (Wildman–Crippen MR) is 133 cm³/mol. The Labute approximate surface area is 184 Å². The van der Waals surface area contributed by atoms with Crippen LogP contribution < -0.4 is 0 Å². The molecule has 1 unspecified atom stereocenters. The Kier molecular flexibility index (Phi) is 15.6. The fourth-order valence-corrected chi connectivity index (χ4v) is 5.98. The Bertz CT molecular complexity index is 444. The zero-order chi connectivity index (χ0) is 20.5. The molecular weight excluding hydrogens is 380 g/mol. The minimum atomic E-state index is -0.0579. The minimum absolute atomic E-state index is 0.0579. The summed E-state index contributed by atoms with van der Waals surface area (Å²) in [5, 5.41) is 10.9. The van der Waals surface area contributed by atoms with Crippen LogP contribution in [-0.2, 0) is 0 Å². The second-order valence-corrected chi connectivity index (χ2v) is 10.9. The molecule has 0 bridgehead atoms. The topological polar surface area (TPSA) is 20.2 Å². The summed E-state index contributed by atoms with van der Waals surface area (Å²) >= 11 is 4.03. The molecule has 0 aromatic heterocycles. The summed E-state index contributed by atoms with van der Waals surface area (Å²) in [4.78, 5) is 0. The van der Waals surface area contributed by atoms with Crippen molar-refractivity contribution in [2.75, 3.05) is 23.0 Å². The number of unbranched alkanes of at least 4 members (excludes halogenated alkanes) is 10. The van der Waals surface area contributed by atoms with Crippen molar-refractivity contribution in [3.63, 3.8) is 0 Å². The van der Waals surface area contributed by atoms with Gasteiger partial charge in [0.2, 0.25) is 0 Å². The standard InChI is InChI=1S/C25H46OS2/c1-4-6-8-10-12-14-19-27-21-23-17-16-18-25(3,24(23)26)22-28-20-15-13-11-9-7-5-2/h16-17,26H,4-15,18-22H2,1-3H3. The molecule has 1 nitrogen and oxygen atoms in total. The number of allylic oxidation sites excluding steroid dienone is 3. The number of hydrogen-bond donors (Lipinski definition) is 1. The maximum Gasteiger partial charge on any atom is 0.103 e. The first kappa shape index (κ1) is 26.0. The van der Waals surface area contributed by atoms with Crippen LogP contribution in [0.1, 0.15) is 104 Å². The number of hydrogen-bond acceptors (Lipinski definition) is 3. The van der Waals surface area contributed by atoms with E-state index in [1.807, 2.05) is 23.5 Å². The third-order valence-corrected chi connectivity index (χ3v) is 8.24. The quantitative estimate of drug-likeness (QED) is 0.221. The highest BCUT2D eigenvalue weighted by molar-refractivity contribution is 7.99. The van der Waals surface area contributed by atoms with E-state index in [1.54, 1.807) is 0 Å². The average molecular weight is 427 g/mol. The summed E-state index contributed by atoms with van der Waals surface area (Å²) < 4.78 is 0. The average Bonchev–Trinajstić information content (AvgIpc) is 2.69. The molecule has 0 fully saturated rings. The van der Waals surface area contributed by atoms with Crippen LogP contribution >= 0.6 is 23.5 Å². The predicted octanol–water partition coefficient (Wildman–Crippen LogP) is 8.95. The minimum Gasteiger partial charge on any atom is -0.511 e. The van der Waals surface area contributed by atoms with Gasteiger partial charge in [-0.25, -0.2) is 0 Å². The summed E-state index contributed by atoms with van der Waals surface area (Å²) in [5.41, 5.74) is 1.11. The normalized spacial score (nSPS) is 19.5. The molecule has 0 saturated carbocycles. The maximum absolute atomic E-state index is 10.9. The van der Waals surface area contributed by atoms with Gasteiger partial charge in [-0.15, -0.1) is 0 Å². The zero-order valence-electron chi connectivity index (χ0n) is 18.9. The van der Waals surface area contributed by atoms with Crippen molar-refractivity contribution in [2.24, 2.45) is 5.41 Å². The van der Waals surface area contributed by atoms with Crippen molar-refractivity contribution in [3.8, 4) is 0 Å². The molecule has 0 aromatic carbocycles. The summed E-state index contributed by atoms with van der Waals surface area (Å²) in [6.07, 6.45) is 21.8. The van der Waals surface area contributed by atoms with E-state index in [0.29, 0.717) is 5.76 Å². The van der Waals surface area contributed by atoms with Crippen LogP contribution in [-0.4, -0.2) is 28.1 Å². The molecule has 0 heterocycles. The van der Waals surface area contributed by atoms with Gasteiger partial charge in [-0.05, 0) is 36.3 Å². The maximum atomic E-state index is 10.9. The molecule has 164 valence electrons. The lowest BCUT2D eigenvalue weighted by molar-refractivity contribution is 0.257. The third-order valence-electron chi connectivity index (χ3n) is 5.73. The highest BCUT2D eigenvalue weighted by Gasteiger charge is 2.32. The lowest BCUT2D eigenvalue weighted by Gasteiger charge is -2.31. The molecule has 1 aliphatic carbocycles. The molecule has 1 aliphatic rings. The monoisotopic (exact) mass is 426 g/mol. The van der Waals surface area contributed by atoms with Gasteiger partial charge in [-0.1, -0.05) is 97.1 Å². The van der Waals surface area contributed by atoms with E-state index in [1.165, 1.54) is 94.1 Å². The second-order valence-electron chi connectivity index (χ2n) is 8.68. The van der Waals surface area contributed by atoms with Crippen LogP contribution in [0.2, 0.25) is 0 Å². The fourth-order valence-electron chi connectivity index (χ4n) is 3.72. The second kappa shape index (κ2) is 16.7.